The second-order valence-electron chi connectivity index (χ2n) is 3.66. The van der Waals surface area contributed by atoms with Crippen LogP contribution in [0.1, 0.15) is 18.0 Å². The fourth-order valence-corrected chi connectivity index (χ4v) is 1.67. The highest BCUT2D eigenvalue weighted by Gasteiger charge is 2.24. The Hall–Kier alpha value is -2.21. The highest BCUT2D eigenvalue weighted by molar-refractivity contribution is 5.78. The first-order chi connectivity index (χ1) is 8.09. The summed E-state index contributed by atoms with van der Waals surface area (Å²) in [4.78, 5) is 21.3. The topological polar surface area (TPSA) is 83.7 Å². The smallest absolute Gasteiger partial charge is 0.269 e. The van der Waals surface area contributed by atoms with Crippen LogP contribution in [0.2, 0.25) is 0 Å². The van der Waals surface area contributed by atoms with Gasteiger partial charge in [0.2, 0.25) is 0 Å². The predicted octanol–water partition coefficient (Wildman–Crippen LogP) is 1.81. The normalized spacial score (nSPS) is 19.5. The number of non-ortho nitro benzene ring substituents is 1. The summed E-state index contributed by atoms with van der Waals surface area (Å²) in [6, 6.07) is 5.16. The molecule has 2 rings (SSSR count). The summed E-state index contributed by atoms with van der Waals surface area (Å²) in [6.07, 6.45) is 3.52. The highest BCUT2D eigenvalue weighted by atomic mass is 16.6. The van der Waals surface area contributed by atoms with Crippen LogP contribution >= 0.6 is 0 Å². The number of nitro groups is 1. The summed E-state index contributed by atoms with van der Waals surface area (Å²) >= 11 is 0. The van der Waals surface area contributed by atoms with E-state index in [9.17, 15) is 20.1 Å². The van der Waals surface area contributed by atoms with E-state index in [4.69, 9.17) is 0 Å². The molecule has 1 aliphatic heterocycles. The molecule has 0 saturated heterocycles. The maximum atomic E-state index is 11.3. The third kappa shape index (κ3) is 2.16. The zero-order chi connectivity index (χ0) is 12.4. The molecule has 1 aromatic carbocycles. The quantitative estimate of drug-likeness (QED) is 0.366. The molecule has 0 spiro atoms. The number of hydrogen-bond acceptors (Lipinski definition) is 4. The fourth-order valence-electron chi connectivity index (χ4n) is 1.67. The van der Waals surface area contributed by atoms with Crippen molar-refractivity contribution >= 4 is 11.6 Å². The van der Waals surface area contributed by atoms with Gasteiger partial charge in [-0.15, -0.1) is 0 Å². The molecule has 6 heteroatoms. The van der Waals surface area contributed by atoms with Gasteiger partial charge in [-0.25, -0.2) is 5.06 Å². The molecule has 1 heterocycles. The van der Waals surface area contributed by atoms with Crippen LogP contribution in [0.25, 0.3) is 0 Å². The maximum absolute atomic E-state index is 11.3. The van der Waals surface area contributed by atoms with E-state index in [1.807, 2.05) is 0 Å². The molecular formula is C11H10N2O4. The molecule has 0 aliphatic carbocycles. The van der Waals surface area contributed by atoms with Crippen molar-refractivity contribution in [3.05, 3.63) is 52.1 Å². The third-order valence-electron chi connectivity index (χ3n) is 2.58. The number of nitro benzene ring substituents is 1. The van der Waals surface area contributed by atoms with E-state index in [0.717, 1.165) is 0 Å². The Kier molecular flexibility index (Phi) is 2.88. The van der Waals surface area contributed by atoms with E-state index in [2.05, 4.69) is 0 Å². The average molecular weight is 234 g/mol. The van der Waals surface area contributed by atoms with E-state index >= 15 is 0 Å². The molecule has 1 N–H and O–H groups in total. The Bertz CT molecular complexity index is 481. The van der Waals surface area contributed by atoms with Crippen molar-refractivity contribution in [3.63, 3.8) is 0 Å². The largest absolute Gasteiger partial charge is 0.285 e. The number of hydrogen-bond donors (Lipinski definition) is 1. The number of carbonyl (C=O) groups is 1. The second-order valence-corrected chi connectivity index (χ2v) is 3.66. The summed E-state index contributed by atoms with van der Waals surface area (Å²) < 4.78 is 0. The Labute approximate surface area is 96.9 Å². The third-order valence-corrected chi connectivity index (χ3v) is 2.58. The van der Waals surface area contributed by atoms with Crippen LogP contribution in [0.15, 0.2) is 36.4 Å². The van der Waals surface area contributed by atoms with Gasteiger partial charge in [0.05, 0.1) is 4.92 Å². The monoisotopic (exact) mass is 234 g/mol. The van der Waals surface area contributed by atoms with Crippen LogP contribution in [0, 0.1) is 10.1 Å². The van der Waals surface area contributed by atoms with Crippen LogP contribution in [0.5, 0.6) is 0 Å². The Balaban J connectivity index is 2.28. The van der Waals surface area contributed by atoms with E-state index in [1.165, 1.54) is 24.3 Å². The van der Waals surface area contributed by atoms with Crippen molar-refractivity contribution in [2.24, 2.45) is 0 Å². The molecule has 1 atom stereocenters. The molecule has 0 saturated carbocycles. The molecule has 88 valence electrons. The fraction of sp³-hybridized carbons (Fsp3) is 0.182. The molecule has 1 unspecified atom stereocenters. The molecule has 1 amide bonds. The van der Waals surface area contributed by atoms with Gasteiger partial charge in [-0.3, -0.25) is 20.1 Å². The van der Waals surface area contributed by atoms with E-state index < -0.39 is 16.9 Å². The van der Waals surface area contributed by atoms with Crippen molar-refractivity contribution in [2.45, 2.75) is 12.5 Å². The van der Waals surface area contributed by atoms with Crippen LogP contribution in [0.4, 0.5) is 5.69 Å². The summed E-state index contributed by atoms with van der Waals surface area (Å²) in [5.74, 6) is -0.393. The van der Waals surface area contributed by atoms with Gasteiger partial charge in [0.15, 0.2) is 0 Å². The molecular weight excluding hydrogens is 224 g/mol. The van der Waals surface area contributed by atoms with Crippen LogP contribution < -0.4 is 0 Å². The lowest BCUT2D eigenvalue weighted by Gasteiger charge is -2.26. The standard InChI is InChI=1S/C11H10N2O4/c14-11-3-1-2-10(12(11)15)8-4-6-9(7-5-8)13(16)17/h1-2,4-7,10,15H,3H2. The molecule has 1 aliphatic rings. The number of rotatable bonds is 2. The number of nitrogens with zero attached hydrogens (tertiary/aromatic N) is 2. The van der Waals surface area contributed by atoms with E-state index in [1.54, 1.807) is 12.2 Å². The van der Waals surface area contributed by atoms with E-state index in [0.29, 0.717) is 10.6 Å². The Morgan fingerprint density at radius 3 is 2.59 bits per heavy atom. The van der Waals surface area contributed by atoms with Gasteiger partial charge in [0.25, 0.3) is 11.6 Å². The maximum Gasteiger partial charge on any atom is 0.269 e. The minimum atomic E-state index is -0.572. The molecule has 1 aromatic rings. The van der Waals surface area contributed by atoms with Gasteiger partial charge < -0.3 is 0 Å². The number of benzene rings is 1. The zero-order valence-corrected chi connectivity index (χ0v) is 8.81. The summed E-state index contributed by atoms with van der Waals surface area (Å²) in [5.41, 5.74) is 0.603. The second kappa shape index (κ2) is 4.34. The van der Waals surface area contributed by atoms with Crippen LogP contribution in [-0.2, 0) is 4.79 Å². The molecule has 0 fully saturated rings. The Morgan fingerprint density at radius 1 is 1.35 bits per heavy atom. The average Bonchev–Trinajstić information content (AvgIpc) is 2.33. The minimum Gasteiger partial charge on any atom is -0.285 e. The molecule has 17 heavy (non-hydrogen) atoms. The SMILES string of the molecule is O=C1CC=CC(c2ccc([N+](=O)[O-])cc2)N1O. The predicted molar refractivity (Wildman–Crippen MR) is 58.2 cm³/mol. The first kappa shape index (κ1) is 11.3. The van der Waals surface area contributed by atoms with E-state index in [-0.39, 0.29) is 12.1 Å². The van der Waals surface area contributed by atoms with Crippen molar-refractivity contribution in [1.82, 2.24) is 5.06 Å². The summed E-state index contributed by atoms with van der Waals surface area (Å²) in [5, 5.41) is 20.7. The lowest BCUT2D eigenvalue weighted by Crippen LogP contribution is -2.32. The van der Waals surface area contributed by atoms with Gasteiger partial charge in [0, 0.05) is 18.6 Å². The van der Waals surface area contributed by atoms with Crippen LogP contribution in [0.3, 0.4) is 0 Å². The van der Waals surface area contributed by atoms with Crippen LogP contribution in [-0.4, -0.2) is 21.1 Å². The molecule has 0 bridgehead atoms. The van der Waals surface area contributed by atoms with Gasteiger partial charge in [-0.2, -0.15) is 0 Å². The number of hydroxylamine groups is 2. The van der Waals surface area contributed by atoms with Gasteiger partial charge in [-0.05, 0) is 17.7 Å². The molecule has 0 aromatic heterocycles. The lowest BCUT2D eigenvalue weighted by atomic mass is 10.0. The Morgan fingerprint density at radius 2 is 2.00 bits per heavy atom. The zero-order valence-electron chi connectivity index (χ0n) is 8.81. The number of carbonyl (C=O) groups excluding carboxylic acids is 1. The lowest BCUT2D eigenvalue weighted by molar-refractivity contribution is -0.384. The minimum absolute atomic E-state index is 0.0237. The van der Waals surface area contributed by atoms with Crippen molar-refractivity contribution in [3.8, 4) is 0 Å². The first-order valence-corrected chi connectivity index (χ1v) is 5.01. The van der Waals surface area contributed by atoms with Gasteiger partial charge in [-0.1, -0.05) is 12.2 Å². The molecule has 6 nitrogen and oxygen atoms in total. The summed E-state index contributed by atoms with van der Waals surface area (Å²) in [6.45, 7) is 0. The first-order valence-electron chi connectivity index (χ1n) is 5.01. The van der Waals surface area contributed by atoms with Gasteiger partial charge >= 0.3 is 0 Å². The number of amides is 1. The summed E-state index contributed by atoms with van der Waals surface area (Å²) in [7, 11) is 0. The van der Waals surface area contributed by atoms with Crippen molar-refractivity contribution < 1.29 is 14.9 Å². The highest BCUT2D eigenvalue weighted by Crippen LogP contribution is 2.26. The van der Waals surface area contributed by atoms with Crippen molar-refractivity contribution in [1.29, 1.82) is 0 Å². The van der Waals surface area contributed by atoms with Crippen molar-refractivity contribution in [2.75, 3.05) is 0 Å². The molecule has 0 radical (unpaired) electrons. The van der Waals surface area contributed by atoms with Gasteiger partial charge in [0.1, 0.15) is 6.04 Å².